The molecule has 2 nitrogen and oxygen atoms in total. The third-order valence-corrected chi connectivity index (χ3v) is 3.83. The van der Waals surface area contributed by atoms with Crippen molar-refractivity contribution in [3.8, 4) is 0 Å². The van der Waals surface area contributed by atoms with Crippen molar-refractivity contribution in [3.05, 3.63) is 34.6 Å². The first kappa shape index (κ1) is 12.8. The molecule has 1 aliphatic heterocycles. The first-order valence-electron chi connectivity index (χ1n) is 5.79. The van der Waals surface area contributed by atoms with E-state index in [2.05, 4.69) is 4.90 Å². The van der Waals surface area contributed by atoms with E-state index < -0.39 is 5.60 Å². The smallest absolute Gasteiger partial charge is 0.124 e. The molecular formula is C13H17ClFNO. The molecule has 0 amide bonds. The summed E-state index contributed by atoms with van der Waals surface area (Å²) in [5.74, 6) is -0.0662. The number of benzene rings is 1. The zero-order chi connectivity index (χ0) is 12.6. The molecule has 0 radical (unpaired) electrons. The Kier molecular flexibility index (Phi) is 3.43. The minimum Gasteiger partial charge on any atom is -0.387 e. The van der Waals surface area contributed by atoms with Gasteiger partial charge in [-0.3, -0.25) is 4.90 Å². The fraction of sp³-hybridized carbons (Fsp3) is 0.538. The number of aliphatic hydroxyl groups is 1. The Balaban J connectivity index is 1.96. The average Bonchev–Trinajstić information content (AvgIpc) is 2.19. The second-order valence-electron chi connectivity index (χ2n) is 5.14. The monoisotopic (exact) mass is 257 g/mol. The van der Waals surface area contributed by atoms with Crippen molar-refractivity contribution in [2.24, 2.45) is 5.92 Å². The first-order valence-corrected chi connectivity index (χ1v) is 6.17. The molecule has 0 unspecified atom stereocenters. The van der Waals surface area contributed by atoms with Crippen LogP contribution in [0.2, 0.25) is 5.02 Å². The van der Waals surface area contributed by atoms with Gasteiger partial charge in [-0.1, -0.05) is 31.5 Å². The zero-order valence-corrected chi connectivity index (χ0v) is 10.8. The highest BCUT2D eigenvalue weighted by Crippen LogP contribution is 2.31. The van der Waals surface area contributed by atoms with Gasteiger partial charge in [-0.2, -0.15) is 0 Å². The van der Waals surface area contributed by atoms with E-state index in [9.17, 15) is 9.50 Å². The minimum absolute atomic E-state index is 0.252. The fourth-order valence-electron chi connectivity index (χ4n) is 2.10. The minimum atomic E-state index is -0.577. The maximum absolute atomic E-state index is 12.9. The van der Waals surface area contributed by atoms with Crippen LogP contribution >= 0.6 is 11.6 Å². The van der Waals surface area contributed by atoms with Crippen molar-refractivity contribution < 1.29 is 9.50 Å². The molecule has 0 aromatic heterocycles. The van der Waals surface area contributed by atoms with Crippen molar-refractivity contribution in [2.75, 3.05) is 13.1 Å². The molecule has 1 aliphatic rings. The SMILES string of the molecule is CC(C)C1(O)CN(Cc2ccc(F)cc2Cl)C1. The molecule has 94 valence electrons. The van der Waals surface area contributed by atoms with Crippen molar-refractivity contribution in [1.29, 1.82) is 0 Å². The van der Waals surface area contributed by atoms with E-state index in [0.29, 0.717) is 24.7 Å². The molecule has 17 heavy (non-hydrogen) atoms. The van der Waals surface area contributed by atoms with Gasteiger partial charge < -0.3 is 5.11 Å². The quantitative estimate of drug-likeness (QED) is 0.900. The van der Waals surface area contributed by atoms with E-state index in [1.165, 1.54) is 12.1 Å². The predicted octanol–water partition coefficient (Wildman–Crippen LogP) is 2.68. The summed E-state index contributed by atoms with van der Waals surface area (Å²) in [6.07, 6.45) is 0. The van der Waals surface area contributed by atoms with Crippen molar-refractivity contribution in [3.63, 3.8) is 0 Å². The van der Waals surface area contributed by atoms with Gasteiger partial charge in [0.1, 0.15) is 5.82 Å². The third-order valence-electron chi connectivity index (χ3n) is 3.48. The number of hydrogen-bond donors (Lipinski definition) is 1. The summed E-state index contributed by atoms with van der Waals surface area (Å²) in [7, 11) is 0. The lowest BCUT2D eigenvalue weighted by atomic mass is 9.83. The summed E-state index contributed by atoms with van der Waals surface area (Å²) in [6.45, 7) is 6.00. The van der Waals surface area contributed by atoms with Crippen molar-refractivity contribution in [1.82, 2.24) is 4.90 Å². The lowest BCUT2D eigenvalue weighted by Crippen LogP contribution is -2.63. The molecule has 0 bridgehead atoms. The van der Waals surface area contributed by atoms with E-state index in [1.807, 2.05) is 13.8 Å². The largest absolute Gasteiger partial charge is 0.387 e. The van der Waals surface area contributed by atoms with Crippen LogP contribution in [0.4, 0.5) is 4.39 Å². The number of likely N-dealkylation sites (tertiary alicyclic amines) is 1. The van der Waals surface area contributed by atoms with Gasteiger partial charge in [0.15, 0.2) is 0 Å². The number of halogens is 2. The Morgan fingerprint density at radius 3 is 2.65 bits per heavy atom. The highest BCUT2D eigenvalue weighted by Gasteiger charge is 2.43. The van der Waals surface area contributed by atoms with Crippen LogP contribution in [0.25, 0.3) is 0 Å². The summed E-state index contributed by atoms with van der Waals surface area (Å²) in [6, 6.07) is 4.44. The number of β-amino-alcohol motifs (C(OH)–C–C–N with tert-alkyl or cyclic N) is 1. The van der Waals surface area contributed by atoms with Crippen LogP contribution in [0.3, 0.4) is 0 Å². The molecule has 2 rings (SSSR count). The van der Waals surface area contributed by atoms with Gasteiger partial charge in [0.25, 0.3) is 0 Å². The second kappa shape index (κ2) is 4.56. The van der Waals surface area contributed by atoms with Crippen LogP contribution in [-0.2, 0) is 6.54 Å². The topological polar surface area (TPSA) is 23.5 Å². The zero-order valence-electron chi connectivity index (χ0n) is 10.1. The van der Waals surface area contributed by atoms with Crippen LogP contribution in [0.1, 0.15) is 19.4 Å². The van der Waals surface area contributed by atoms with E-state index >= 15 is 0 Å². The van der Waals surface area contributed by atoms with Crippen molar-refractivity contribution >= 4 is 11.6 Å². The van der Waals surface area contributed by atoms with Crippen molar-refractivity contribution in [2.45, 2.75) is 26.0 Å². The van der Waals surface area contributed by atoms with Gasteiger partial charge in [-0.05, 0) is 23.6 Å². The van der Waals surface area contributed by atoms with Crippen LogP contribution in [0.5, 0.6) is 0 Å². The lowest BCUT2D eigenvalue weighted by Gasteiger charge is -2.49. The molecule has 1 aromatic rings. The molecule has 4 heteroatoms. The lowest BCUT2D eigenvalue weighted by molar-refractivity contribution is -0.130. The van der Waals surface area contributed by atoms with Gasteiger partial charge in [0.2, 0.25) is 0 Å². The molecule has 1 heterocycles. The van der Waals surface area contributed by atoms with Crippen LogP contribution in [0.15, 0.2) is 18.2 Å². The highest BCUT2D eigenvalue weighted by atomic mass is 35.5. The predicted molar refractivity (Wildman–Crippen MR) is 66.5 cm³/mol. The summed E-state index contributed by atoms with van der Waals surface area (Å²) < 4.78 is 12.9. The fourth-order valence-corrected chi connectivity index (χ4v) is 2.32. The number of nitrogens with zero attached hydrogens (tertiary/aromatic N) is 1. The maximum atomic E-state index is 12.9. The second-order valence-corrected chi connectivity index (χ2v) is 5.55. The van der Waals surface area contributed by atoms with E-state index in [1.54, 1.807) is 6.07 Å². The normalized spacial score (nSPS) is 19.4. The summed E-state index contributed by atoms with van der Waals surface area (Å²) in [5.41, 5.74) is 0.325. The summed E-state index contributed by atoms with van der Waals surface area (Å²) in [5, 5.41) is 10.6. The van der Waals surface area contributed by atoms with Crippen LogP contribution in [0, 0.1) is 11.7 Å². The molecule has 0 spiro atoms. The van der Waals surface area contributed by atoms with Gasteiger partial charge in [-0.15, -0.1) is 0 Å². The molecule has 1 aromatic carbocycles. The Labute approximate surface area is 106 Å². The Hall–Kier alpha value is -0.640. The molecular weight excluding hydrogens is 241 g/mol. The first-order chi connectivity index (χ1) is 7.90. The summed E-state index contributed by atoms with van der Waals surface area (Å²) in [4.78, 5) is 2.11. The Bertz CT molecular complexity index is 416. The van der Waals surface area contributed by atoms with E-state index in [-0.39, 0.29) is 11.7 Å². The maximum Gasteiger partial charge on any atom is 0.124 e. The number of rotatable bonds is 3. The Morgan fingerprint density at radius 2 is 2.12 bits per heavy atom. The molecule has 0 atom stereocenters. The molecule has 0 aliphatic carbocycles. The average molecular weight is 258 g/mol. The van der Waals surface area contributed by atoms with E-state index in [4.69, 9.17) is 11.6 Å². The standard InChI is InChI=1S/C13H17ClFNO/c1-9(2)13(17)7-16(8-13)6-10-3-4-11(15)5-12(10)14/h3-5,9,17H,6-8H2,1-2H3. The van der Waals surface area contributed by atoms with Crippen LogP contribution in [-0.4, -0.2) is 28.7 Å². The highest BCUT2D eigenvalue weighted by molar-refractivity contribution is 6.31. The summed E-state index contributed by atoms with van der Waals surface area (Å²) >= 11 is 5.96. The van der Waals surface area contributed by atoms with Gasteiger partial charge in [-0.25, -0.2) is 4.39 Å². The van der Waals surface area contributed by atoms with Gasteiger partial charge in [0, 0.05) is 24.7 Å². The van der Waals surface area contributed by atoms with Gasteiger partial charge >= 0.3 is 0 Å². The van der Waals surface area contributed by atoms with Crippen LogP contribution < -0.4 is 0 Å². The molecule has 1 fully saturated rings. The molecule has 1 N–H and O–H groups in total. The number of hydrogen-bond acceptors (Lipinski definition) is 2. The Morgan fingerprint density at radius 1 is 1.47 bits per heavy atom. The molecule has 0 saturated carbocycles. The third kappa shape index (κ3) is 2.62. The van der Waals surface area contributed by atoms with E-state index in [0.717, 1.165) is 5.56 Å². The molecule has 1 saturated heterocycles. The van der Waals surface area contributed by atoms with Gasteiger partial charge in [0.05, 0.1) is 5.60 Å².